The van der Waals surface area contributed by atoms with E-state index in [1.54, 1.807) is 12.1 Å². The zero-order valence-corrected chi connectivity index (χ0v) is 22.5. The van der Waals surface area contributed by atoms with Gasteiger partial charge >= 0.3 is 17.7 Å². The highest BCUT2D eigenvalue weighted by atomic mass is 35.5. The molecule has 13 nitrogen and oxygen atoms in total. The molecule has 0 fully saturated rings. The topological polar surface area (TPSA) is 195 Å². The summed E-state index contributed by atoms with van der Waals surface area (Å²) in [5.74, 6) is -5.48. The Labute approximate surface area is 234 Å². The number of fused-ring (bicyclic) bond motifs is 1. The number of alkyl halides is 3. The van der Waals surface area contributed by atoms with E-state index in [1.165, 1.54) is 31.2 Å². The Hall–Kier alpha value is -4.35. The molecule has 1 heterocycles. The van der Waals surface area contributed by atoms with Gasteiger partial charge in [0.05, 0.1) is 23.1 Å². The Morgan fingerprint density at radius 1 is 1.12 bits per heavy atom. The van der Waals surface area contributed by atoms with Gasteiger partial charge in [-0.3, -0.25) is 24.6 Å². The lowest BCUT2D eigenvalue weighted by Crippen LogP contribution is -2.42. The number of halogens is 4. The quantitative estimate of drug-likeness (QED) is 0.0970. The first-order valence-corrected chi connectivity index (χ1v) is 13.2. The van der Waals surface area contributed by atoms with Gasteiger partial charge in [0, 0.05) is 11.6 Å². The van der Waals surface area contributed by atoms with Crippen LogP contribution >= 0.6 is 11.6 Å². The number of hydrogen-bond donors (Lipinski definition) is 5. The molecule has 18 heteroatoms. The van der Waals surface area contributed by atoms with Crippen molar-refractivity contribution in [1.29, 1.82) is 5.41 Å². The van der Waals surface area contributed by atoms with Crippen molar-refractivity contribution in [2.45, 2.75) is 23.9 Å². The summed E-state index contributed by atoms with van der Waals surface area (Å²) in [5, 5.41) is 10.8. The third-order valence-corrected chi connectivity index (χ3v) is 6.92. The molecule has 0 spiro atoms. The number of hydrogen-bond acceptors (Lipinski definition) is 8. The number of hydroxylamine groups is 1. The summed E-state index contributed by atoms with van der Waals surface area (Å²) in [6, 6.07) is 10.5. The normalized spacial score (nSPS) is 12.4. The third-order valence-electron chi connectivity index (χ3n) is 5.33. The molecule has 0 bridgehead atoms. The minimum atomic E-state index is -5.52. The summed E-state index contributed by atoms with van der Waals surface area (Å²) in [7, 11) is -4.47. The lowest BCUT2D eigenvalue weighted by molar-refractivity contribution is -0.200. The van der Waals surface area contributed by atoms with E-state index in [9.17, 15) is 36.0 Å². The van der Waals surface area contributed by atoms with Crippen molar-refractivity contribution in [2.24, 2.45) is 5.73 Å². The molecule has 0 radical (unpaired) electrons. The van der Waals surface area contributed by atoms with Crippen molar-refractivity contribution >= 4 is 55.9 Å². The van der Waals surface area contributed by atoms with E-state index in [0.29, 0.717) is 15.8 Å². The number of pyridine rings is 1. The Balaban J connectivity index is 1.93. The van der Waals surface area contributed by atoms with Gasteiger partial charge in [0.1, 0.15) is 5.69 Å². The van der Waals surface area contributed by atoms with Crippen molar-refractivity contribution in [1.82, 2.24) is 15.5 Å². The average molecular weight is 619 g/mol. The number of nitrogens with two attached hydrogens (primary N) is 1. The Morgan fingerprint density at radius 3 is 2.44 bits per heavy atom. The van der Waals surface area contributed by atoms with E-state index in [2.05, 4.69) is 10.2 Å². The van der Waals surface area contributed by atoms with Gasteiger partial charge in [0.15, 0.2) is 0 Å². The predicted molar refractivity (Wildman–Crippen MR) is 141 cm³/mol. The van der Waals surface area contributed by atoms with Gasteiger partial charge in [0.2, 0.25) is 11.9 Å². The van der Waals surface area contributed by atoms with E-state index in [-0.39, 0.29) is 22.8 Å². The van der Waals surface area contributed by atoms with E-state index < -0.39 is 56.9 Å². The summed E-state index contributed by atoms with van der Waals surface area (Å²) >= 11 is 5.94. The van der Waals surface area contributed by atoms with Crippen LogP contribution in [0.5, 0.6) is 0 Å². The maximum Gasteiger partial charge on any atom is 0.493 e. The molecule has 3 rings (SSSR count). The van der Waals surface area contributed by atoms with Gasteiger partial charge in [-0.2, -0.15) is 13.2 Å². The lowest BCUT2D eigenvalue weighted by atomic mass is 10.1. The van der Waals surface area contributed by atoms with Gasteiger partial charge < -0.3 is 15.9 Å². The van der Waals surface area contributed by atoms with Crippen LogP contribution in [0.4, 0.5) is 18.9 Å². The summed E-state index contributed by atoms with van der Waals surface area (Å²) in [6.07, 6.45) is -5.52. The van der Waals surface area contributed by atoms with Crippen molar-refractivity contribution in [3.63, 3.8) is 0 Å². The molecule has 1 amide bonds. The maximum atomic E-state index is 13.1. The zero-order valence-electron chi connectivity index (χ0n) is 20.9. The number of sulfonamides is 1. The van der Waals surface area contributed by atoms with E-state index in [4.69, 9.17) is 27.6 Å². The molecular weight excluding hydrogens is 597 g/mol. The number of aromatic nitrogens is 1. The molecule has 0 aliphatic rings. The van der Waals surface area contributed by atoms with Crippen LogP contribution in [0.25, 0.3) is 10.8 Å². The highest BCUT2D eigenvalue weighted by molar-refractivity contribution is 7.92. The molecule has 2 aromatic carbocycles. The van der Waals surface area contributed by atoms with Crippen LogP contribution in [-0.4, -0.2) is 50.3 Å². The van der Waals surface area contributed by atoms with E-state index >= 15 is 0 Å². The van der Waals surface area contributed by atoms with Crippen molar-refractivity contribution in [3.05, 3.63) is 69.6 Å². The molecule has 0 saturated heterocycles. The summed E-state index contributed by atoms with van der Waals surface area (Å²) in [6.45, 7) is 0.879. The van der Waals surface area contributed by atoms with Crippen molar-refractivity contribution < 1.29 is 40.9 Å². The first kappa shape index (κ1) is 31.2. The van der Waals surface area contributed by atoms with Crippen molar-refractivity contribution in [3.8, 4) is 0 Å². The molecule has 220 valence electrons. The Morgan fingerprint density at radius 2 is 1.78 bits per heavy atom. The maximum absolute atomic E-state index is 13.1. The molecule has 41 heavy (non-hydrogen) atoms. The molecule has 0 aliphatic heterocycles. The third kappa shape index (κ3) is 7.86. The van der Waals surface area contributed by atoms with E-state index in [0.717, 1.165) is 12.1 Å². The number of anilines is 1. The first-order chi connectivity index (χ1) is 19.1. The average Bonchev–Trinajstić information content (AvgIpc) is 2.89. The molecule has 0 saturated carbocycles. The SMILES string of the molecule is CC(C(=O)NCCONC(=N)N)c1ccc(NS(=O)(=O)c2ccc3cc(Cl)ccc3c2)c(=O)n1OC(=O)C(F)(F)F. The summed E-state index contributed by atoms with van der Waals surface area (Å²) in [4.78, 5) is 46.0. The fraction of sp³-hybridized carbons (Fsp3) is 0.217. The summed E-state index contributed by atoms with van der Waals surface area (Å²) in [5.41, 5.74) is 4.28. The van der Waals surface area contributed by atoms with Gasteiger partial charge in [0.25, 0.3) is 10.0 Å². The van der Waals surface area contributed by atoms with Crippen LogP contribution in [0.1, 0.15) is 18.5 Å². The number of rotatable bonds is 10. The fourth-order valence-corrected chi connectivity index (χ4v) is 4.64. The molecule has 6 N–H and O–H groups in total. The fourth-order valence-electron chi connectivity index (χ4n) is 3.37. The molecular formula is C23H22ClF3N6O7S. The lowest BCUT2D eigenvalue weighted by Gasteiger charge is -2.19. The highest BCUT2D eigenvalue weighted by Gasteiger charge is 2.43. The Kier molecular flexibility index (Phi) is 9.46. The van der Waals surface area contributed by atoms with Crippen LogP contribution in [0.2, 0.25) is 5.02 Å². The summed E-state index contributed by atoms with van der Waals surface area (Å²) < 4.78 is 66.8. The Bertz CT molecular complexity index is 1660. The van der Waals surface area contributed by atoms with Crippen LogP contribution in [-0.2, 0) is 24.4 Å². The van der Waals surface area contributed by atoms with Gasteiger partial charge in [-0.05, 0) is 54.1 Å². The highest BCUT2D eigenvalue weighted by Crippen LogP contribution is 2.24. The number of carbonyl (C=O) groups excluding carboxylic acids is 2. The molecule has 1 unspecified atom stereocenters. The van der Waals surface area contributed by atoms with Crippen LogP contribution < -0.4 is 31.6 Å². The van der Waals surface area contributed by atoms with E-state index in [1.807, 2.05) is 10.2 Å². The zero-order chi connectivity index (χ0) is 30.5. The number of benzene rings is 2. The predicted octanol–water partition coefficient (Wildman–Crippen LogP) is 1.61. The largest absolute Gasteiger partial charge is 0.493 e. The molecule has 0 aliphatic carbocycles. The second-order valence-electron chi connectivity index (χ2n) is 8.28. The molecule has 1 aromatic heterocycles. The molecule has 1 atom stereocenters. The smallest absolute Gasteiger partial charge is 0.368 e. The second kappa shape index (κ2) is 12.4. The number of carbonyl (C=O) groups is 2. The number of guanidine groups is 1. The monoisotopic (exact) mass is 618 g/mol. The number of amides is 1. The number of nitrogens with zero attached hydrogens (tertiary/aromatic N) is 1. The minimum Gasteiger partial charge on any atom is -0.368 e. The second-order valence-corrected chi connectivity index (χ2v) is 10.4. The number of nitrogens with one attached hydrogen (secondary N) is 4. The minimum absolute atomic E-state index is 0.103. The van der Waals surface area contributed by atoms with Gasteiger partial charge in [-0.1, -0.05) is 23.7 Å². The van der Waals surface area contributed by atoms with Gasteiger partial charge in [-0.25, -0.2) is 18.7 Å². The van der Waals surface area contributed by atoms with Crippen LogP contribution in [0.3, 0.4) is 0 Å². The first-order valence-electron chi connectivity index (χ1n) is 11.4. The van der Waals surface area contributed by atoms with Gasteiger partial charge in [-0.15, -0.1) is 4.73 Å². The van der Waals surface area contributed by atoms with Crippen LogP contribution in [0, 0.1) is 5.41 Å². The molecule has 3 aromatic rings. The van der Waals surface area contributed by atoms with Crippen molar-refractivity contribution in [2.75, 3.05) is 17.9 Å². The standard InChI is InChI=1S/C23H22ClF3N6O7S/c1-12(19(34)30-8-9-39-31-22(28)29)18-7-6-17(20(35)33(18)40-21(36)23(25,26)27)32-41(37,38)16-5-3-13-10-15(24)4-2-14(13)11-16/h2-7,10-12,32H,8-9H2,1H3,(H,30,34)(H4,28,29,31). The van der Waals surface area contributed by atoms with Crippen LogP contribution in [0.15, 0.2) is 58.2 Å².